The minimum absolute atomic E-state index is 0.353. The van der Waals surface area contributed by atoms with Gasteiger partial charge in [-0.1, -0.05) is 48.5 Å². The highest BCUT2D eigenvalue weighted by Gasteiger charge is 2.16. The summed E-state index contributed by atoms with van der Waals surface area (Å²) in [5.74, 6) is 0. The average Bonchev–Trinajstić information content (AvgIpc) is 2.86. The zero-order valence-electron chi connectivity index (χ0n) is 12.8. The van der Waals surface area contributed by atoms with E-state index in [1.807, 2.05) is 11.3 Å². The average molecular weight is 295 g/mol. The van der Waals surface area contributed by atoms with E-state index in [1.165, 1.54) is 26.1 Å². The molecule has 0 saturated heterocycles. The van der Waals surface area contributed by atoms with Crippen molar-refractivity contribution in [1.29, 1.82) is 0 Å². The molecule has 1 heterocycles. The molecule has 0 amide bonds. The highest BCUT2D eigenvalue weighted by Crippen LogP contribution is 2.35. The monoisotopic (exact) mass is 295 g/mol. The van der Waals surface area contributed by atoms with Crippen molar-refractivity contribution in [2.24, 2.45) is 0 Å². The number of hydrogen-bond acceptors (Lipinski definition) is 2. The Balaban J connectivity index is 1.84. The van der Waals surface area contributed by atoms with Crippen molar-refractivity contribution in [3.8, 4) is 0 Å². The van der Waals surface area contributed by atoms with Crippen molar-refractivity contribution in [2.45, 2.75) is 32.9 Å². The van der Waals surface area contributed by atoms with Crippen LogP contribution in [0.5, 0.6) is 0 Å². The van der Waals surface area contributed by atoms with E-state index in [-0.39, 0.29) is 0 Å². The third-order valence-corrected chi connectivity index (χ3v) is 5.53. The number of thiophene rings is 1. The molecule has 0 saturated carbocycles. The third-order valence-electron chi connectivity index (χ3n) is 4.07. The van der Waals surface area contributed by atoms with Gasteiger partial charge >= 0.3 is 0 Å². The highest BCUT2D eigenvalue weighted by molar-refractivity contribution is 7.19. The van der Waals surface area contributed by atoms with Crippen LogP contribution in [0.25, 0.3) is 10.1 Å². The minimum Gasteiger partial charge on any atom is -0.303 e. The van der Waals surface area contributed by atoms with E-state index in [0.717, 1.165) is 0 Å². The molecule has 0 fully saturated rings. The fraction of sp³-hybridized carbons (Fsp3) is 0.263. The predicted octanol–water partition coefficient (Wildman–Crippen LogP) is 5.62. The Bertz CT molecular complexity index is 730. The summed E-state index contributed by atoms with van der Waals surface area (Å²) in [6.45, 7) is 6.73. The Morgan fingerprint density at radius 3 is 2.24 bits per heavy atom. The van der Waals surface area contributed by atoms with Crippen LogP contribution in [0.3, 0.4) is 0 Å². The standard InChI is InChI=1S/C19H21NS/c1-13-17-11-7-8-12-18(17)21-19(13)15(3)20-14(2)16-9-5-4-6-10-16/h4-12,14-15,20H,1-3H3/t14-,15?/m0/s1. The lowest BCUT2D eigenvalue weighted by atomic mass is 10.1. The zero-order chi connectivity index (χ0) is 14.8. The van der Waals surface area contributed by atoms with E-state index in [4.69, 9.17) is 0 Å². The normalized spacial score (nSPS) is 14.2. The fourth-order valence-corrected chi connectivity index (χ4v) is 4.12. The van der Waals surface area contributed by atoms with Gasteiger partial charge in [0.15, 0.2) is 0 Å². The second kappa shape index (κ2) is 6.00. The van der Waals surface area contributed by atoms with Crippen LogP contribution in [-0.4, -0.2) is 0 Å². The molecule has 2 atom stereocenters. The van der Waals surface area contributed by atoms with Crippen molar-refractivity contribution in [1.82, 2.24) is 5.32 Å². The van der Waals surface area contributed by atoms with Crippen molar-refractivity contribution >= 4 is 21.4 Å². The first kappa shape index (κ1) is 14.3. The summed E-state index contributed by atoms with van der Waals surface area (Å²) in [5, 5.41) is 5.11. The van der Waals surface area contributed by atoms with Crippen LogP contribution in [0.2, 0.25) is 0 Å². The zero-order valence-corrected chi connectivity index (χ0v) is 13.6. The molecule has 0 radical (unpaired) electrons. The van der Waals surface area contributed by atoms with Gasteiger partial charge < -0.3 is 5.32 Å². The Labute approximate surface area is 130 Å². The fourth-order valence-electron chi connectivity index (χ4n) is 2.89. The first-order valence-electron chi connectivity index (χ1n) is 7.46. The van der Waals surface area contributed by atoms with Gasteiger partial charge in [-0.2, -0.15) is 0 Å². The molecular formula is C19H21NS. The smallest absolute Gasteiger partial charge is 0.0394 e. The minimum atomic E-state index is 0.353. The maximum absolute atomic E-state index is 3.72. The van der Waals surface area contributed by atoms with E-state index in [1.54, 1.807) is 0 Å². The van der Waals surface area contributed by atoms with Crippen LogP contribution in [-0.2, 0) is 0 Å². The van der Waals surface area contributed by atoms with Crippen LogP contribution in [0.4, 0.5) is 0 Å². The molecular weight excluding hydrogens is 274 g/mol. The van der Waals surface area contributed by atoms with E-state index in [0.29, 0.717) is 12.1 Å². The van der Waals surface area contributed by atoms with Crippen LogP contribution < -0.4 is 5.32 Å². The summed E-state index contributed by atoms with van der Waals surface area (Å²) in [7, 11) is 0. The van der Waals surface area contributed by atoms with Gasteiger partial charge in [0.2, 0.25) is 0 Å². The van der Waals surface area contributed by atoms with Crippen molar-refractivity contribution in [3.05, 3.63) is 70.6 Å². The maximum atomic E-state index is 3.72. The second-order valence-electron chi connectivity index (χ2n) is 5.61. The van der Waals surface area contributed by atoms with Crippen LogP contribution in [0.1, 0.15) is 41.9 Å². The Morgan fingerprint density at radius 1 is 0.857 bits per heavy atom. The molecule has 1 unspecified atom stereocenters. The lowest BCUT2D eigenvalue weighted by Crippen LogP contribution is -2.22. The summed E-state index contributed by atoms with van der Waals surface area (Å²) < 4.78 is 1.38. The number of hydrogen-bond donors (Lipinski definition) is 1. The second-order valence-corrected chi connectivity index (χ2v) is 6.69. The molecule has 2 heteroatoms. The predicted molar refractivity (Wildman–Crippen MR) is 93.0 cm³/mol. The molecule has 1 nitrogen and oxygen atoms in total. The first-order chi connectivity index (χ1) is 10.2. The molecule has 0 aliphatic carbocycles. The van der Waals surface area contributed by atoms with Gasteiger partial charge in [-0.25, -0.2) is 0 Å². The first-order valence-corrected chi connectivity index (χ1v) is 8.27. The van der Waals surface area contributed by atoms with Gasteiger partial charge in [0.25, 0.3) is 0 Å². The van der Waals surface area contributed by atoms with Crippen LogP contribution in [0, 0.1) is 6.92 Å². The van der Waals surface area contributed by atoms with Crippen LogP contribution in [0.15, 0.2) is 54.6 Å². The van der Waals surface area contributed by atoms with Gasteiger partial charge in [-0.3, -0.25) is 0 Å². The van der Waals surface area contributed by atoms with E-state index >= 15 is 0 Å². The summed E-state index contributed by atoms with van der Waals surface area (Å²) in [6, 6.07) is 20.0. The summed E-state index contributed by atoms with van der Waals surface area (Å²) in [5.41, 5.74) is 2.75. The molecule has 0 bridgehead atoms. The van der Waals surface area contributed by atoms with E-state index in [9.17, 15) is 0 Å². The maximum Gasteiger partial charge on any atom is 0.0394 e. The number of aryl methyl sites for hydroxylation is 1. The largest absolute Gasteiger partial charge is 0.303 e. The summed E-state index contributed by atoms with van der Waals surface area (Å²) in [6.07, 6.45) is 0. The van der Waals surface area contributed by atoms with Crippen molar-refractivity contribution < 1.29 is 0 Å². The molecule has 1 N–H and O–H groups in total. The topological polar surface area (TPSA) is 12.0 Å². The lowest BCUT2D eigenvalue weighted by molar-refractivity contribution is 0.499. The lowest BCUT2D eigenvalue weighted by Gasteiger charge is -2.20. The quantitative estimate of drug-likeness (QED) is 0.658. The molecule has 1 aromatic heterocycles. The van der Waals surface area contributed by atoms with Gasteiger partial charge in [-0.05, 0) is 43.4 Å². The third kappa shape index (κ3) is 2.87. The highest BCUT2D eigenvalue weighted by atomic mass is 32.1. The molecule has 0 aliphatic heterocycles. The van der Waals surface area contributed by atoms with E-state index < -0.39 is 0 Å². The Hall–Kier alpha value is -1.64. The number of rotatable bonds is 4. The number of nitrogens with one attached hydrogen (secondary N) is 1. The molecule has 108 valence electrons. The van der Waals surface area contributed by atoms with Crippen molar-refractivity contribution in [3.63, 3.8) is 0 Å². The molecule has 3 aromatic rings. The molecule has 0 aliphatic rings. The SMILES string of the molecule is Cc1c(C(C)N[C@@H](C)c2ccccc2)sc2ccccc12. The van der Waals surface area contributed by atoms with Crippen LogP contribution >= 0.6 is 11.3 Å². The molecule has 21 heavy (non-hydrogen) atoms. The Morgan fingerprint density at radius 2 is 1.52 bits per heavy atom. The van der Waals surface area contributed by atoms with E-state index in [2.05, 4.69) is 80.7 Å². The number of fused-ring (bicyclic) bond motifs is 1. The van der Waals surface area contributed by atoms with Crippen molar-refractivity contribution in [2.75, 3.05) is 0 Å². The Kier molecular flexibility index (Phi) is 4.09. The molecule has 0 spiro atoms. The summed E-state index contributed by atoms with van der Waals surface area (Å²) >= 11 is 1.91. The van der Waals surface area contributed by atoms with Gasteiger partial charge in [0.05, 0.1) is 0 Å². The molecule has 2 aromatic carbocycles. The number of benzene rings is 2. The summed E-state index contributed by atoms with van der Waals surface area (Å²) in [4.78, 5) is 1.44. The van der Waals surface area contributed by atoms with Gasteiger partial charge in [0, 0.05) is 21.7 Å². The van der Waals surface area contributed by atoms with Gasteiger partial charge in [0.1, 0.15) is 0 Å². The molecule has 3 rings (SSSR count). The van der Waals surface area contributed by atoms with Gasteiger partial charge in [-0.15, -0.1) is 11.3 Å².